The minimum Gasteiger partial charge on any atom is -0.454 e. The third-order valence-corrected chi connectivity index (χ3v) is 6.03. The summed E-state index contributed by atoms with van der Waals surface area (Å²) in [6.07, 6.45) is 2.91. The maximum atomic E-state index is 12.9. The van der Waals surface area contributed by atoms with E-state index in [2.05, 4.69) is 5.32 Å². The minimum absolute atomic E-state index is 0.0982. The number of aryl methyl sites for hydroxylation is 1. The average molecular weight is 415 g/mol. The van der Waals surface area contributed by atoms with Crippen molar-refractivity contribution in [3.8, 4) is 0 Å². The van der Waals surface area contributed by atoms with Crippen LogP contribution in [0.3, 0.4) is 0 Å². The van der Waals surface area contributed by atoms with Gasteiger partial charge in [-0.25, -0.2) is 4.79 Å². The maximum absolute atomic E-state index is 12.9. The van der Waals surface area contributed by atoms with Gasteiger partial charge in [-0.2, -0.15) is 0 Å². The number of carbonyl (C=O) groups is 4. The first-order valence-corrected chi connectivity index (χ1v) is 10.3. The van der Waals surface area contributed by atoms with Gasteiger partial charge in [-0.05, 0) is 52.5 Å². The second kappa shape index (κ2) is 8.45. The Kier molecular flexibility index (Phi) is 6.14. The number of ether oxygens (including phenoxy) is 1. The van der Waals surface area contributed by atoms with Gasteiger partial charge in [-0.3, -0.25) is 19.3 Å². The van der Waals surface area contributed by atoms with E-state index in [0.29, 0.717) is 5.56 Å². The number of piperidine rings is 1. The summed E-state index contributed by atoms with van der Waals surface area (Å²) in [6, 6.07) is 6.78. The summed E-state index contributed by atoms with van der Waals surface area (Å²) in [5.41, 5.74) is 0.409. The van der Waals surface area contributed by atoms with Crippen LogP contribution in [0.25, 0.3) is 0 Å². The van der Waals surface area contributed by atoms with Gasteiger partial charge in [-0.1, -0.05) is 29.8 Å². The molecule has 30 heavy (non-hydrogen) atoms. The van der Waals surface area contributed by atoms with Crippen molar-refractivity contribution in [3.63, 3.8) is 0 Å². The number of rotatable bonds is 5. The Morgan fingerprint density at radius 1 is 1.13 bits per heavy atom. The van der Waals surface area contributed by atoms with Gasteiger partial charge in [0, 0.05) is 12.1 Å². The molecule has 2 fully saturated rings. The summed E-state index contributed by atoms with van der Waals surface area (Å²) in [4.78, 5) is 52.6. The molecule has 3 atom stereocenters. The number of esters is 1. The number of likely N-dealkylation sites (tertiary alicyclic amines) is 1. The quantitative estimate of drug-likeness (QED) is 0.587. The fraction of sp³-hybridized carbons (Fsp3) is 0.545. The van der Waals surface area contributed by atoms with E-state index >= 15 is 0 Å². The Bertz CT molecular complexity index is 843. The normalized spacial score (nSPS) is 26.5. The van der Waals surface area contributed by atoms with Crippen molar-refractivity contribution in [2.45, 2.75) is 64.6 Å². The van der Waals surface area contributed by atoms with Crippen LogP contribution in [-0.2, 0) is 24.7 Å². The average Bonchev–Trinajstić information content (AvgIpc) is 2.90. The van der Waals surface area contributed by atoms with Crippen LogP contribution in [0.15, 0.2) is 24.3 Å². The molecule has 0 saturated carbocycles. The van der Waals surface area contributed by atoms with Crippen molar-refractivity contribution in [2.24, 2.45) is 0 Å². The fourth-order valence-electron chi connectivity index (χ4n) is 4.23. The molecular formula is C22H29N3O5. The van der Waals surface area contributed by atoms with E-state index in [1.165, 1.54) is 0 Å². The second-order valence-electron chi connectivity index (χ2n) is 8.40. The SMILES string of the molecule is Cc1ccc([C@@]2(C)NC(=O)N(CC(=O)OCC(=O)N3[C@@H](C)CCC[C@@H]3C)C2=O)cc1. The van der Waals surface area contributed by atoms with Crippen LogP contribution in [0.5, 0.6) is 0 Å². The van der Waals surface area contributed by atoms with E-state index in [9.17, 15) is 19.2 Å². The number of imide groups is 1. The number of urea groups is 1. The van der Waals surface area contributed by atoms with Crippen LogP contribution in [-0.4, -0.2) is 58.8 Å². The highest BCUT2D eigenvalue weighted by atomic mass is 16.5. The van der Waals surface area contributed by atoms with Gasteiger partial charge >= 0.3 is 12.0 Å². The lowest BCUT2D eigenvalue weighted by atomic mass is 9.91. The molecule has 8 heteroatoms. The van der Waals surface area contributed by atoms with Crippen LogP contribution in [0, 0.1) is 6.92 Å². The molecule has 162 valence electrons. The first kappa shape index (κ1) is 21.8. The van der Waals surface area contributed by atoms with Crippen LogP contribution in [0.4, 0.5) is 4.79 Å². The van der Waals surface area contributed by atoms with Crippen LogP contribution in [0.1, 0.15) is 51.2 Å². The molecule has 8 nitrogen and oxygen atoms in total. The molecule has 1 aromatic carbocycles. The molecule has 2 aliphatic heterocycles. The summed E-state index contributed by atoms with van der Waals surface area (Å²) in [5.74, 6) is -1.58. The summed E-state index contributed by atoms with van der Waals surface area (Å²) < 4.78 is 5.10. The van der Waals surface area contributed by atoms with Gasteiger partial charge in [0.25, 0.3) is 11.8 Å². The van der Waals surface area contributed by atoms with E-state index in [0.717, 1.165) is 29.7 Å². The third-order valence-electron chi connectivity index (χ3n) is 6.03. The van der Waals surface area contributed by atoms with E-state index < -0.39 is 36.6 Å². The van der Waals surface area contributed by atoms with Gasteiger partial charge in [0.15, 0.2) is 6.61 Å². The molecule has 2 heterocycles. The zero-order valence-electron chi connectivity index (χ0n) is 17.9. The highest BCUT2D eigenvalue weighted by molar-refractivity contribution is 6.08. The molecule has 0 radical (unpaired) electrons. The lowest BCUT2D eigenvalue weighted by Crippen LogP contribution is -2.49. The first-order chi connectivity index (χ1) is 14.1. The summed E-state index contributed by atoms with van der Waals surface area (Å²) in [7, 11) is 0. The zero-order valence-corrected chi connectivity index (χ0v) is 17.9. The van der Waals surface area contributed by atoms with E-state index in [1.54, 1.807) is 24.0 Å². The molecule has 1 aromatic rings. The van der Waals surface area contributed by atoms with Crippen LogP contribution >= 0.6 is 0 Å². The molecule has 0 aliphatic carbocycles. The summed E-state index contributed by atoms with van der Waals surface area (Å²) in [5, 5.41) is 2.65. The number of carbonyl (C=O) groups excluding carboxylic acids is 4. The first-order valence-electron chi connectivity index (χ1n) is 10.3. The lowest BCUT2D eigenvalue weighted by molar-refractivity contribution is -0.156. The van der Waals surface area contributed by atoms with Crippen molar-refractivity contribution in [1.82, 2.24) is 15.1 Å². The largest absolute Gasteiger partial charge is 0.454 e. The second-order valence-corrected chi connectivity index (χ2v) is 8.40. The molecule has 0 spiro atoms. The molecule has 1 N–H and O–H groups in total. The number of benzene rings is 1. The zero-order chi connectivity index (χ0) is 22.1. The number of hydrogen-bond donors (Lipinski definition) is 1. The molecule has 0 aromatic heterocycles. The Balaban J connectivity index is 1.60. The van der Waals surface area contributed by atoms with Gasteiger partial charge in [-0.15, -0.1) is 0 Å². The molecule has 3 rings (SSSR count). The number of hydrogen-bond acceptors (Lipinski definition) is 5. The number of nitrogens with one attached hydrogen (secondary N) is 1. The van der Waals surface area contributed by atoms with Crippen molar-refractivity contribution in [3.05, 3.63) is 35.4 Å². The van der Waals surface area contributed by atoms with Crippen molar-refractivity contribution < 1.29 is 23.9 Å². The van der Waals surface area contributed by atoms with E-state index in [-0.39, 0.29) is 18.0 Å². The molecule has 2 aliphatic rings. The highest BCUT2D eigenvalue weighted by Gasteiger charge is 2.49. The van der Waals surface area contributed by atoms with Gasteiger partial charge in [0.05, 0.1) is 0 Å². The Morgan fingerprint density at radius 2 is 1.73 bits per heavy atom. The van der Waals surface area contributed by atoms with Crippen LogP contribution in [0.2, 0.25) is 0 Å². The minimum atomic E-state index is -1.25. The Hall–Kier alpha value is -2.90. The Labute approximate surface area is 176 Å². The third kappa shape index (κ3) is 4.17. The van der Waals surface area contributed by atoms with Crippen molar-refractivity contribution in [2.75, 3.05) is 13.2 Å². The lowest BCUT2D eigenvalue weighted by Gasteiger charge is -2.38. The maximum Gasteiger partial charge on any atom is 0.326 e. The molecule has 2 saturated heterocycles. The predicted molar refractivity (Wildman–Crippen MR) is 109 cm³/mol. The Morgan fingerprint density at radius 3 is 2.33 bits per heavy atom. The summed E-state index contributed by atoms with van der Waals surface area (Å²) >= 11 is 0. The highest BCUT2D eigenvalue weighted by Crippen LogP contribution is 2.29. The van der Waals surface area contributed by atoms with E-state index in [1.807, 2.05) is 32.9 Å². The van der Waals surface area contributed by atoms with Crippen molar-refractivity contribution in [1.29, 1.82) is 0 Å². The van der Waals surface area contributed by atoms with Gasteiger partial charge < -0.3 is 15.0 Å². The van der Waals surface area contributed by atoms with Crippen LogP contribution < -0.4 is 5.32 Å². The van der Waals surface area contributed by atoms with Gasteiger partial charge in [0.1, 0.15) is 12.1 Å². The van der Waals surface area contributed by atoms with Crippen molar-refractivity contribution >= 4 is 23.8 Å². The summed E-state index contributed by atoms with van der Waals surface area (Å²) in [6.45, 7) is 6.56. The monoisotopic (exact) mass is 415 g/mol. The van der Waals surface area contributed by atoms with Gasteiger partial charge in [0.2, 0.25) is 0 Å². The fourth-order valence-corrected chi connectivity index (χ4v) is 4.23. The predicted octanol–water partition coefficient (Wildman–Crippen LogP) is 2.09. The standard InChI is InChI=1S/C22H29N3O5/c1-14-8-10-17(11-9-14)22(4)20(28)24(21(29)23-22)12-19(27)30-13-18(26)25-15(2)6-5-7-16(25)3/h8-11,15-16H,5-7,12-13H2,1-4H3,(H,23,29)/t15-,16-,22+/m0/s1. The molecular weight excluding hydrogens is 386 g/mol. The molecule has 0 unspecified atom stereocenters. The molecule has 4 amide bonds. The number of nitrogens with zero attached hydrogens (tertiary/aromatic N) is 2. The van der Waals surface area contributed by atoms with E-state index in [4.69, 9.17) is 4.74 Å². The topological polar surface area (TPSA) is 96.0 Å². The number of amides is 4. The smallest absolute Gasteiger partial charge is 0.326 e. The molecule has 0 bridgehead atoms.